The summed E-state index contributed by atoms with van der Waals surface area (Å²) in [5.74, 6) is 2.04. The van der Waals surface area contributed by atoms with E-state index in [-0.39, 0.29) is 12.0 Å². The number of hydrogen-bond acceptors (Lipinski definition) is 7. The van der Waals surface area contributed by atoms with Gasteiger partial charge in [-0.2, -0.15) is 0 Å². The second-order valence-electron chi connectivity index (χ2n) is 6.71. The zero-order valence-electron chi connectivity index (χ0n) is 16.3. The summed E-state index contributed by atoms with van der Waals surface area (Å²) in [4.78, 5) is 12.5. The van der Waals surface area contributed by atoms with E-state index >= 15 is 0 Å². The normalized spacial score (nSPS) is 20.1. The van der Waals surface area contributed by atoms with Crippen LogP contribution in [0.4, 0.5) is 0 Å². The summed E-state index contributed by atoms with van der Waals surface area (Å²) in [6, 6.07) is 7.24. The molecular weight excluding hydrogens is 362 g/mol. The number of methoxy groups -OCH3 is 4. The Labute approximate surface area is 163 Å². The highest BCUT2D eigenvalue weighted by atomic mass is 16.6. The first-order chi connectivity index (χ1) is 13.6. The Balaban J connectivity index is 1.80. The second kappa shape index (κ2) is 7.24. The molecule has 0 radical (unpaired) electrons. The first-order valence-corrected chi connectivity index (χ1v) is 9.06. The van der Waals surface area contributed by atoms with Gasteiger partial charge >= 0.3 is 5.97 Å². The highest BCUT2D eigenvalue weighted by Gasteiger charge is 2.40. The summed E-state index contributed by atoms with van der Waals surface area (Å²) < 4.78 is 27.4. The molecule has 2 aromatic carbocycles. The standard InChI is InChI=1S/C21H23NO6/c1-24-15-7-11-5-6-22-19(12(11)8-16(15)25-2)20-13-9-17(26-3)18(27-4)10-14(13)21(23)28-20/h7-10,19-20,22H,5-6H2,1-4H3/t19-,20+/m1/s1. The maximum atomic E-state index is 12.5. The number of cyclic esters (lactones) is 1. The van der Waals surface area contributed by atoms with Crippen molar-refractivity contribution in [3.63, 3.8) is 0 Å². The number of rotatable bonds is 5. The van der Waals surface area contributed by atoms with Crippen molar-refractivity contribution in [3.8, 4) is 23.0 Å². The molecule has 1 N–H and O–H groups in total. The van der Waals surface area contributed by atoms with Crippen molar-refractivity contribution in [1.82, 2.24) is 5.32 Å². The van der Waals surface area contributed by atoms with E-state index in [0.717, 1.165) is 29.7 Å². The zero-order chi connectivity index (χ0) is 19.8. The molecule has 2 aliphatic rings. The van der Waals surface area contributed by atoms with Crippen LogP contribution in [0.15, 0.2) is 24.3 Å². The van der Waals surface area contributed by atoms with Gasteiger partial charge < -0.3 is 29.0 Å². The van der Waals surface area contributed by atoms with Crippen molar-refractivity contribution in [3.05, 3.63) is 46.5 Å². The lowest BCUT2D eigenvalue weighted by atomic mass is 9.87. The van der Waals surface area contributed by atoms with Crippen LogP contribution in [0, 0.1) is 0 Å². The zero-order valence-corrected chi connectivity index (χ0v) is 16.3. The largest absolute Gasteiger partial charge is 0.493 e. The van der Waals surface area contributed by atoms with Crippen molar-refractivity contribution >= 4 is 5.97 Å². The van der Waals surface area contributed by atoms with Gasteiger partial charge in [-0.3, -0.25) is 0 Å². The molecule has 0 bridgehead atoms. The smallest absolute Gasteiger partial charge is 0.339 e. The molecule has 0 saturated heterocycles. The molecule has 7 nitrogen and oxygen atoms in total. The van der Waals surface area contributed by atoms with E-state index in [9.17, 15) is 4.79 Å². The lowest BCUT2D eigenvalue weighted by Gasteiger charge is -2.31. The lowest BCUT2D eigenvalue weighted by Crippen LogP contribution is -2.34. The first kappa shape index (κ1) is 18.4. The minimum atomic E-state index is -0.473. The second-order valence-corrected chi connectivity index (χ2v) is 6.71. The molecule has 0 amide bonds. The summed E-state index contributed by atoms with van der Waals surface area (Å²) in [6.07, 6.45) is 0.380. The van der Waals surface area contributed by atoms with Crippen LogP contribution in [-0.2, 0) is 11.2 Å². The molecule has 0 aromatic heterocycles. The summed E-state index contributed by atoms with van der Waals surface area (Å²) in [5.41, 5.74) is 3.45. The molecule has 4 rings (SSSR count). The topological polar surface area (TPSA) is 75.3 Å². The maximum Gasteiger partial charge on any atom is 0.339 e. The third-order valence-corrected chi connectivity index (χ3v) is 5.36. The van der Waals surface area contributed by atoms with E-state index in [1.807, 2.05) is 18.2 Å². The monoisotopic (exact) mass is 385 g/mol. The van der Waals surface area contributed by atoms with Gasteiger partial charge in [0.05, 0.1) is 40.0 Å². The van der Waals surface area contributed by atoms with Crippen LogP contribution in [-0.4, -0.2) is 41.0 Å². The average molecular weight is 385 g/mol. The van der Waals surface area contributed by atoms with Gasteiger partial charge in [-0.25, -0.2) is 4.79 Å². The predicted molar refractivity (Wildman–Crippen MR) is 102 cm³/mol. The fourth-order valence-corrected chi connectivity index (χ4v) is 3.98. The maximum absolute atomic E-state index is 12.5. The van der Waals surface area contributed by atoms with Gasteiger partial charge in [-0.05, 0) is 48.4 Å². The van der Waals surface area contributed by atoms with Crippen molar-refractivity contribution in [2.75, 3.05) is 35.0 Å². The van der Waals surface area contributed by atoms with E-state index in [2.05, 4.69) is 5.32 Å². The van der Waals surface area contributed by atoms with Crippen molar-refractivity contribution in [2.45, 2.75) is 18.6 Å². The molecule has 7 heteroatoms. The van der Waals surface area contributed by atoms with Gasteiger partial charge in [-0.15, -0.1) is 0 Å². The number of benzene rings is 2. The number of esters is 1. The summed E-state index contributed by atoms with van der Waals surface area (Å²) in [7, 11) is 6.35. The summed E-state index contributed by atoms with van der Waals surface area (Å²) in [5, 5.41) is 3.49. The fraction of sp³-hybridized carbons (Fsp3) is 0.381. The van der Waals surface area contributed by atoms with Gasteiger partial charge in [0, 0.05) is 5.56 Å². The average Bonchev–Trinajstić information content (AvgIpc) is 3.06. The first-order valence-electron chi connectivity index (χ1n) is 9.06. The quantitative estimate of drug-likeness (QED) is 0.793. The Morgan fingerprint density at radius 2 is 1.43 bits per heavy atom. The van der Waals surface area contributed by atoms with E-state index in [4.69, 9.17) is 23.7 Å². The highest BCUT2D eigenvalue weighted by molar-refractivity contribution is 5.95. The van der Waals surface area contributed by atoms with Crippen LogP contribution >= 0.6 is 0 Å². The third-order valence-electron chi connectivity index (χ3n) is 5.36. The molecule has 0 spiro atoms. The highest BCUT2D eigenvalue weighted by Crippen LogP contribution is 2.47. The van der Waals surface area contributed by atoms with Gasteiger partial charge in [0.25, 0.3) is 0 Å². The van der Waals surface area contributed by atoms with Crippen LogP contribution in [0.25, 0.3) is 0 Å². The minimum Gasteiger partial charge on any atom is -0.493 e. The molecule has 0 saturated carbocycles. The number of hydrogen-bond donors (Lipinski definition) is 1. The number of fused-ring (bicyclic) bond motifs is 2. The minimum absolute atomic E-state index is 0.202. The molecule has 148 valence electrons. The number of nitrogens with one attached hydrogen (secondary N) is 1. The molecule has 2 atom stereocenters. The van der Waals surface area contributed by atoms with Crippen LogP contribution < -0.4 is 24.3 Å². The van der Waals surface area contributed by atoms with Crippen LogP contribution in [0.1, 0.15) is 39.2 Å². The Bertz CT molecular complexity index is 926. The predicted octanol–water partition coefficient (Wildman–Crippen LogP) is 2.82. The van der Waals surface area contributed by atoms with E-state index < -0.39 is 6.10 Å². The van der Waals surface area contributed by atoms with Crippen molar-refractivity contribution in [2.24, 2.45) is 0 Å². The Morgan fingerprint density at radius 3 is 2.07 bits per heavy atom. The number of carbonyl (C=O) groups excluding carboxylic acids is 1. The summed E-state index contributed by atoms with van der Waals surface area (Å²) in [6.45, 7) is 0.768. The van der Waals surface area contributed by atoms with E-state index in [0.29, 0.717) is 28.6 Å². The van der Waals surface area contributed by atoms with Gasteiger partial charge in [0.15, 0.2) is 23.0 Å². The fourth-order valence-electron chi connectivity index (χ4n) is 3.98. The Hall–Kier alpha value is -2.93. The number of ether oxygens (including phenoxy) is 5. The van der Waals surface area contributed by atoms with Gasteiger partial charge in [0.2, 0.25) is 0 Å². The third kappa shape index (κ3) is 2.82. The molecule has 0 fully saturated rings. The summed E-state index contributed by atoms with van der Waals surface area (Å²) >= 11 is 0. The van der Waals surface area contributed by atoms with Crippen molar-refractivity contribution < 1.29 is 28.5 Å². The molecule has 2 aliphatic heterocycles. The van der Waals surface area contributed by atoms with Crippen LogP contribution in [0.5, 0.6) is 23.0 Å². The molecule has 28 heavy (non-hydrogen) atoms. The van der Waals surface area contributed by atoms with Crippen molar-refractivity contribution in [1.29, 1.82) is 0 Å². The number of carbonyl (C=O) groups is 1. The van der Waals surface area contributed by atoms with Crippen LogP contribution in [0.3, 0.4) is 0 Å². The van der Waals surface area contributed by atoms with Gasteiger partial charge in [-0.1, -0.05) is 0 Å². The molecule has 2 heterocycles. The molecular formula is C21H23NO6. The Morgan fingerprint density at radius 1 is 0.857 bits per heavy atom. The lowest BCUT2D eigenvalue weighted by molar-refractivity contribution is 0.0285. The molecule has 2 aromatic rings. The molecule has 0 unspecified atom stereocenters. The van der Waals surface area contributed by atoms with E-state index in [1.54, 1.807) is 34.5 Å². The van der Waals surface area contributed by atoms with Gasteiger partial charge in [0.1, 0.15) is 6.10 Å². The van der Waals surface area contributed by atoms with E-state index in [1.165, 1.54) is 0 Å². The Kier molecular flexibility index (Phi) is 4.77. The molecule has 0 aliphatic carbocycles. The van der Waals surface area contributed by atoms with Crippen LogP contribution in [0.2, 0.25) is 0 Å². The SMILES string of the molecule is COc1cc2c(cc1OC)[C@H]([C@H]1OC(=O)c3cc(OC)c(OC)cc31)NCC2.